The molecule has 0 aromatic carbocycles. The van der Waals surface area contributed by atoms with Gasteiger partial charge in [0.15, 0.2) is 5.76 Å². The van der Waals surface area contributed by atoms with Crippen LogP contribution < -0.4 is 5.32 Å². The van der Waals surface area contributed by atoms with E-state index in [4.69, 9.17) is 13.9 Å². The van der Waals surface area contributed by atoms with Crippen molar-refractivity contribution in [2.45, 2.75) is 40.2 Å². The zero-order chi connectivity index (χ0) is 21.7. The molecule has 1 N–H and O–H groups in total. The van der Waals surface area contributed by atoms with Crippen molar-refractivity contribution in [3.05, 3.63) is 39.7 Å². The number of thiophene rings is 1. The van der Waals surface area contributed by atoms with Crippen LogP contribution in [0, 0.1) is 6.92 Å². The van der Waals surface area contributed by atoms with Crippen molar-refractivity contribution in [3.63, 3.8) is 0 Å². The highest BCUT2D eigenvalue weighted by Gasteiger charge is 2.28. The van der Waals surface area contributed by atoms with Gasteiger partial charge in [-0.15, -0.1) is 11.3 Å². The van der Waals surface area contributed by atoms with Crippen LogP contribution in [0.5, 0.6) is 0 Å². The van der Waals surface area contributed by atoms with Gasteiger partial charge in [-0.3, -0.25) is 9.69 Å². The van der Waals surface area contributed by atoms with Gasteiger partial charge in [-0.2, -0.15) is 0 Å². The average molecular weight is 435 g/mol. The maximum absolute atomic E-state index is 12.7. The van der Waals surface area contributed by atoms with Gasteiger partial charge in [0.1, 0.15) is 15.6 Å². The fourth-order valence-electron chi connectivity index (χ4n) is 3.35. The first kappa shape index (κ1) is 22.0. The predicted octanol–water partition coefficient (Wildman–Crippen LogP) is 3.85. The van der Waals surface area contributed by atoms with Gasteiger partial charge in [0.25, 0.3) is 5.91 Å². The Labute approximate surface area is 179 Å². The molecule has 0 aliphatic carbocycles. The molecule has 2 aromatic heterocycles. The fraction of sp³-hybridized carbons (Fsp3) is 0.476. The van der Waals surface area contributed by atoms with E-state index in [0.29, 0.717) is 17.9 Å². The fourth-order valence-corrected chi connectivity index (χ4v) is 4.44. The molecular formula is C21H26N2O6S. The third-order valence-corrected chi connectivity index (χ3v) is 5.97. The molecule has 0 saturated carbocycles. The lowest BCUT2D eigenvalue weighted by Gasteiger charge is -2.11. The number of nitrogens with zero attached hydrogens (tertiary/aromatic N) is 1. The van der Waals surface area contributed by atoms with Gasteiger partial charge in [0.2, 0.25) is 0 Å². The molecule has 1 aliphatic heterocycles. The number of rotatable bonds is 8. The molecule has 0 radical (unpaired) electrons. The third-order valence-electron chi connectivity index (χ3n) is 4.78. The molecule has 30 heavy (non-hydrogen) atoms. The Morgan fingerprint density at radius 1 is 1.10 bits per heavy atom. The second-order valence-electron chi connectivity index (χ2n) is 6.90. The summed E-state index contributed by atoms with van der Waals surface area (Å²) in [6, 6.07) is 3.39. The van der Waals surface area contributed by atoms with E-state index in [9.17, 15) is 14.4 Å². The molecule has 0 bridgehead atoms. The minimum Gasteiger partial charge on any atom is -0.462 e. The van der Waals surface area contributed by atoms with Crippen LogP contribution in [0.4, 0.5) is 5.00 Å². The molecule has 0 atom stereocenters. The summed E-state index contributed by atoms with van der Waals surface area (Å²) in [6.45, 7) is 8.11. The maximum Gasteiger partial charge on any atom is 0.348 e. The first-order valence-corrected chi connectivity index (χ1v) is 10.9. The molecule has 8 nitrogen and oxygen atoms in total. The van der Waals surface area contributed by atoms with Crippen LogP contribution in [-0.2, 0) is 16.0 Å². The average Bonchev–Trinajstić information content (AvgIpc) is 3.44. The quantitative estimate of drug-likeness (QED) is 0.630. The van der Waals surface area contributed by atoms with E-state index in [1.807, 2.05) is 0 Å². The topological polar surface area (TPSA) is 98.1 Å². The lowest BCUT2D eigenvalue weighted by atomic mass is 10.1. The van der Waals surface area contributed by atoms with Crippen molar-refractivity contribution in [2.24, 2.45) is 0 Å². The molecule has 162 valence electrons. The highest BCUT2D eigenvalue weighted by Crippen LogP contribution is 2.34. The van der Waals surface area contributed by atoms with Crippen molar-refractivity contribution in [3.8, 4) is 0 Å². The Morgan fingerprint density at radius 3 is 2.43 bits per heavy atom. The Morgan fingerprint density at radius 2 is 1.77 bits per heavy atom. The van der Waals surface area contributed by atoms with Crippen LogP contribution in [0.1, 0.15) is 68.6 Å². The Balaban J connectivity index is 1.81. The summed E-state index contributed by atoms with van der Waals surface area (Å²) in [5.74, 6) is -0.793. The molecule has 0 unspecified atom stereocenters. The van der Waals surface area contributed by atoms with E-state index >= 15 is 0 Å². The van der Waals surface area contributed by atoms with E-state index in [2.05, 4.69) is 10.2 Å². The number of anilines is 1. The Kier molecular flexibility index (Phi) is 7.28. The number of ether oxygens (including phenoxy) is 2. The number of likely N-dealkylation sites (tertiary alicyclic amines) is 1. The SMILES string of the molecule is CCOC(=O)c1sc(NC(=O)c2ccc(CN3CCCC3)o2)c(C(=O)OCC)c1C. The number of carbonyl (C=O) groups excluding carboxylic acids is 3. The lowest BCUT2D eigenvalue weighted by molar-refractivity contribution is 0.0527. The van der Waals surface area contributed by atoms with E-state index < -0.39 is 17.8 Å². The normalized spacial score (nSPS) is 14.0. The molecular weight excluding hydrogens is 408 g/mol. The standard InChI is InChI=1S/C21H26N2O6S/c1-4-27-20(25)16-13(3)17(21(26)28-5-2)30-19(16)22-18(24)15-9-8-14(29-15)12-23-10-6-7-11-23/h8-9H,4-7,10-12H2,1-3H3,(H,22,24). The molecule has 3 heterocycles. The summed E-state index contributed by atoms with van der Waals surface area (Å²) >= 11 is 0.987. The highest BCUT2D eigenvalue weighted by molar-refractivity contribution is 7.18. The van der Waals surface area contributed by atoms with Crippen LogP contribution in [0.15, 0.2) is 16.5 Å². The number of hydrogen-bond acceptors (Lipinski definition) is 8. The molecule has 1 saturated heterocycles. The highest BCUT2D eigenvalue weighted by atomic mass is 32.1. The van der Waals surface area contributed by atoms with Gasteiger partial charge < -0.3 is 19.2 Å². The molecule has 0 spiro atoms. The number of carbonyl (C=O) groups is 3. The third kappa shape index (κ3) is 4.91. The summed E-state index contributed by atoms with van der Waals surface area (Å²) in [5, 5.41) is 2.93. The summed E-state index contributed by atoms with van der Waals surface area (Å²) in [4.78, 5) is 39.9. The van der Waals surface area contributed by atoms with E-state index in [1.165, 1.54) is 12.8 Å². The summed E-state index contributed by atoms with van der Waals surface area (Å²) in [7, 11) is 0. The monoisotopic (exact) mass is 434 g/mol. The van der Waals surface area contributed by atoms with Gasteiger partial charge in [-0.25, -0.2) is 9.59 Å². The maximum atomic E-state index is 12.7. The Bertz CT molecular complexity index is 926. The van der Waals surface area contributed by atoms with Crippen molar-refractivity contribution in [2.75, 3.05) is 31.6 Å². The lowest BCUT2D eigenvalue weighted by Crippen LogP contribution is -2.18. The molecule has 3 rings (SSSR count). The second-order valence-corrected chi connectivity index (χ2v) is 7.93. The zero-order valence-electron chi connectivity index (χ0n) is 17.4. The largest absolute Gasteiger partial charge is 0.462 e. The number of furan rings is 1. The number of amides is 1. The van der Waals surface area contributed by atoms with Crippen LogP contribution >= 0.6 is 11.3 Å². The summed E-state index contributed by atoms with van der Waals surface area (Å²) < 4.78 is 15.9. The zero-order valence-corrected chi connectivity index (χ0v) is 18.2. The van der Waals surface area contributed by atoms with E-state index in [0.717, 1.165) is 24.4 Å². The Hall–Kier alpha value is -2.65. The van der Waals surface area contributed by atoms with Crippen LogP contribution in [0.3, 0.4) is 0 Å². The molecule has 1 amide bonds. The van der Waals surface area contributed by atoms with Crippen molar-refractivity contribution in [1.82, 2.24) is 4.90 Å². The first-order valence-electron chi connectivity index (χ1n) is 10.0. The van der Waals surface area contributed by atoms with E-state index in [1.54, 1.807) is 32.9 Å². The first-order chi connectivity index (χ1) is 14.4. The number of esters is 2. The smallest absolute Gasteiger partial charge is 0.348 e. The van der Waals surface area contributed by atoms with Gasteiger partial charge >= 0.3 is 11.9 Å². The number of hydrogen-bond donors (Lipinski definition) is 1. The predicted molar refractivity (Wildman–Crippen MR) is 112 cm³/mol. The van der Waals surface area contributed by atoms with Crippen LogP contribution in [-0.4, -0.2) is 49.0 Å². The molecule has 9 heteroatoms. The van der Waals surface area contributed by atoms with E-state index in [-0.39, 0.29) is 34.4 Å². The molecule has 1 aliphatic rings. The summed E-state index contributed by atoms with van der Waals surface area (Å²) in [6.07, 6.45) is 2.34. The minimum absolute atomic E-state index is 0.141. The van der Waals surface area contributed by atoms with Crippen molar-refractivity contribution < 1.29 is 28.3 Å². The van der Waals surface area contributed by atoms with Gasteiger partial charge in [0.05, 0.1) is 25.3 Å². The molecule has 1 fully saturated rings. The second kappa shape index (κ2) is 9.90. The van der Waals surface area contributed by atoms with Crippen molar-refractivity contribution in [1.29, 1.82) is 0 Å². The molecule has 2 aromatic rings. The van der Waals surface area contributed by atoms with Crippen molar-refractivity contribution >= 4 is 34.2 Å². The van der Waals surface area contributed by atoms with Crippen LogP contribution in [0.25, 0.3) is 0 Å². The van der Waals surface area contributed by atoms with Gasteiger partial charge in [-0.05, 0) is 64.4 Å². The summed E-state index contributed by atoms with van der Waals surface area (Å²) in [5.41, 5.74) is 0.573. The van der Waals surface area contributed by atoms with Gasteiger partial charge in [0, 0.05) is 0 Å². The number of nitrogens with one attached hydrogen (secondary N) is 1. The van der Waals surface area contributed by atoms with Gasteiger partial charge in [-0.1, -0.05) is 0 Å². The van der Waals surface area contributed by atoms with Crippen LogP contribution in [0.2, 0.25) is 0 Å². The minimum atomic E-state index is -0.605.